The van der Waals surface area contributed by atoms with E-state index in [0.717, 1.165) is 26.2 Å². The van der Waals surface area contributed by atoms with Crippen molar-refractivity contribution < 1.29 is 9.53 Å². The number of anilines is 1. The minimum Gasteiger partial charge on any atom is -0.457 e. The van der Waals surface area contributed by atoms with E-state index in [1.54, 1.807) is 35.2 Å². The molecule has 3 N–H and O–H groups in total. The first-order valence-electron chi connectivity index (χ1n) is 14.7. The van der Waals surface area contributed by atoms with Crippen LogP contribution in [0.1, 0.15) is 20.3 Å². The van der Waals surface area contributed by atoms with Gasteiger partial charge in [0.25, 0.3) is 5.91 Å². The molecule has 2 fully saturated rings. The van der Waals surface area contributed by atoms with Gasteiger partial charge in [0.15, 0.2) is 11.5 Å². The van der Waals surface area contributed by atoms with Gasteiger partial charge in [-0.3, -0.25) is 18.8 Å². The predicted molar refractivity (Wildman–Crippen MR) is 166 cm³/mol. The number of nitrogen functional groups attached to an aromatic ring is 1. The minimum atomic E-state index is -0.455. The molecule has 0 aliphatic carbocycles. The van der Waals surface area contributed by atoms with Crippen LogP contribution in [0.3, 0.4) is 0 Å². The molecule has 226 valence electrons. The van der Waals surface area contributed by atoms with E-state index in [-0.39, 0.29) is 35.6 Å². The molecule has 0 saturated carbocycles. The second-order valence-electron chi connectivity index (χ2n) is 11.6. The number of hydrogen-bond donors (Lipinski definition) is 2. The Balaban J connectivity index is 1.26. The number of fused-ring (bicyclic) bond motifs is 1. The van der Waals surface area contributed by atoms with Crippen LogP contribution in [0.4, 0.5) is 5.82 Å². The van der Waals surface area contributed by atoms with Gasteiger partial charge in [-0.25, -0.2) is 14.8 Å². The van der Waals surface area contributed by atoms with Gasteiger partial charge in [0, 0.05) is 44.8 Å². The van der Waals surface area contributed by atoms with Crippen molar-refractivity contribution in [1.82, 2.24) is 34.2 Å². The normalized spacial score (nSPS) is 17.7. The highest BCUT2D eigenvalue weighted by atomic mass is 16.5. The summed E-state index contributed by atoms with van der Waals surface area (Å²) in [6.07, 6.45) is 3.79. The molecular weight excluding hydrogens is 558 g/mol. The van der Waals surface area contributed by atoms with E-state index in [1.165, 1.54) is 15.5 Å². The summed E-state index contributed by atoms with van der Waals surface area (Å²) in [4.78, 5) is 40.0. The van der Waals surface area contributed by atoms with Crippen LogP contribution in [0, 0.1) is 11.3 Å². The van der Waals surface area contributed by atoms with E-state index in [9.17, 15) is 14.9 Å². The molecule has 2 saturated heterocycles. The molecule has 4 aromatic rings. The number of likely N-dealkylation sites (tertiary alicyclic amines) is 1. The van der Waals surface area contributed by atoms with Gasteiger partial charge < -0.3 is 20.7 Å². The molecule has 12 nitrogen and oxygen atoms in total. The van der Waals surface area contributed by atoms with Gasteiger partial charge in [0.2, 0.25) is 0 Å². The third-order valence-electron chi connectivity index (χ3n) is 8.39. The van der Waals surface area contributed by atoms with E-state index in [0.29, 0.717) is 41.3 Å². The number of hydrogen-bond acceptors (Lipinski definition) is 9. The smallest absolute Gasteiger partial charge is 0.335 e. The van der Waals surface area contributed by atoms with Gasteiger partial charge in [0.05, 0.1) is 11.7 Å². The molecule has 12 heteroatoms. The molecular formula is C32H35N9O3. The van der Waals surface area contributed by atoms with Gasteiger partial charge in [0.1, 0.15) is 35.0 Å². The third-order valence-corrected chi connectivity index (χ3v) is 8.39. The molecule has 0 radical (unpaired) electrons. The summed E-state index contributed by atoms with van der Waals surface area (Å²) in [5.74, 6) is 1.16. The molecule has 2 aliphatic rings. The maximum absolute atomic E-state index is 13.9. The first-order chi connectivity index (χ1) is 21.3. The SMILES string of the molecule is CC(C)(C=C(C#N)C(=O)N1CCC1Cn1c(=O)n(-c2ccc(Oc3ccccc3)cc2)c2c(N)ncnc21)N1CCNCC1. The lowest BCUT2D eigenvalue weighted by molar-refractivity contribution is -0.134. The summed E-state index contributed by atoms with van der Waals surface area (Å²) in [6, 6.07) is 18.4. The van der Waals surface area contributed by atoms with E-state index in [4.69, 9.17) is 10.5 Å². The number of nitrogens with one attached hydrogen (secondary N) is 1. The highest BCUT2D eigenvalue weighted by Gasteiger charge is 2.37. The van der Waals surface area contributed by atoms with Gasteiger partial charge in [-0.2, -0.15) is 5.26 Å². The van der Waals surface area contributed by atoms with Crippen molar-refractivity contribution in [2.45, 2.75) is 38.4 Å². The summed E-state index contributed by atoms with van der Waals surface area (Å²) >= 11 is 0. The highest BCUT2D eigenvalue weighted by Crippen LogP contribution is 2.28. The van der Waals surface area contributed by atoms with E-state index in [1.807, 2.05) is 44.2 Å². The molecule has 1 unspecified atom stereocenters. The van der Waals surface area contributed by atoms with Crippen LogP contribution >= 0.6 is 0 Å². The summed E-state index contributed by atoms with van der Waals surface area (Å²) < 4.78 is 8.92. The monoisotopic (exact) mass is 593 g/mol. The number of amides is 1. The summed E-state index contributed by atoms with van der Waals surface area (Å²) in [7, 11) is 0. The molecule has 2 aromatic heterocycles. The third kappa shape index (κ3) is 5.55. The number of aromatic nitrogens is 4. The van der Waals surface area contributed by atoms with Crippen molar-refractivity contribution >= 4 is 22.9 Å². The maximum atomic E-state index is 13.9. The molecule has 6 rings (SSSR count). The zero-order valence-electron chi connectivity index (χ0n) is 24.8. The number of para-hydroxylation sites is 1. The molecule has 1 amide bonds. The lowest BCUT2D eigenvalue weighted by Gasteiger charge is -2.42. The predicted octanol–water partition coefficient (Wildman–Crippen LogP) is 2.69. The van der Waals surface area contributed by atoms with E-state index in [2.05, 4.69) is 26.3 Å². The first kappa shape index (κ1) is 29.1. The Morgan fingerprint density at radius 1 is 1.09 bits per heavy atom. The van der Waals surface area contributed by atoms with Gasteiger partial charge >= 0.3 is 5.69 Å². The Morgan fingerprint density at radius 2 is 1.80 bits per heavy atom. The summed E-state index contributed by atoms with van der Waals surface area (Å²) in [6.45, 7) is 8.16. The summed E-state index contributed by atoms with van der Waals surface area (Å²) in [5, 5.41) is 13.3. The molecule has 1 atom stereocenters. The second kappa shape index (κ2) is 11.9. The topological polar surface area (TPSA) is 147 Å². The lowest BCUT2D eigenvalue weighted by Crippen LogP contribution is -2.55. The number of ether oxygens (including phenoxy) is 1. The van der Waals surface area contributed by atoms with Crippen LogP contribution in [0.5, 0.6) is 11.5 Å². The second-order valence-corrected chi connectivity index (χ2v) is 11.6. The Kier molecular flexibility index (Phi) is 7.90. The number of benzene rings is 2. The average molecular weight is 594 g/mol. The number of nitriles is 1. The number of carbonyl (C=O) groups excluding carboxylic acids is 1. The van der Waals surface area contributed by atoms with E-state index < -0.39 is 5.54 Å². The van der Waals surface area contributed by atoms with Gasteiger partial charge in [-0.05, 0) is 62.7 Å². The molecule has 0 spiro atoms. The number of carbonyl (C=O) groups is 1. The van der Waals surface area contributed by atoms with Crippen molar-refractivity contribution in [1.29, 1.82) is 5.26 Å². The standard InChI is InChI=1S/C32H35N9O3/c1-32(2,38-16-13-35-14-17-38)18-22(19-33)30(42)39-15-12-24(39)20-40-29-27(28(34)36-21-37-29)41(31(40)43)23-8-10-26(11-9-23)44-25-6-4-3-5-7-25/h3-11,18,21,24,35H,12-17,20H2,1-2H3,(H2,34,36,37). The fourth-order valence-electron chi connectivity index (χ4n) is 5.88. The Labute approximate surface area is 255 Å². The number of nitrogens with zero attached hydrogens (tertiary/aromatic N) is 7. The van der Waals surface area contributed by atoms with Crippen LogP contribution in [-0.2, 0) is 11.3 Å². The first-order valence-corrected chi connectivity index (χ1v) is 14.7. The largest absolute Gasteiger partial charge is 0.457 e. The Bertz CT molecular complexity index is 1800. The van der Waals surface area contributed by atoms with Gasteiger partial charge in [-0.15, -0.1) is 0 Å². The van der Waals surface area contributed by atoms with E-state index >= 15 is 0 Å². The summed E-state index contributed by atoms with van der Waals surface area (Å²) in [5.41, 5.74) is 6.92. The number of rotatable bonds is 8. The van der Waals surface area contributed by atoms with Crippen LogP contribution in [0.15, 0.2) is 77.4 Å². The number of piperazine rings is 1. The fraction of sp³-hybridized carbons (Fsp3) is 0.344. The zero-order valence-corrected chi connectivity index (χ0v) is 24.8. The molecule has 44 heavy (non-hydrogen) atoms. The molecule has 2 aromatic carbocycles. The quantitative estimate of drug-likeness (QED) is 0.232. The van der Waals surface area contributed by atoms with Crippen molar-refractivity contribution in [3.63, 3.8) is 0 Å². The minimum absolute atomic E-state index is 0.109. The van der Waals surface area contributed by atoms with Gasteiger partial charge in [-0.1, -0.05) is 18.2 Å². The van der Waals surface area contributed by atoms with Crippen LogP contribution in [0.2, 0.25) is 0 Å². The van der Waals surface area contributed by atoms with Crippen molar-refractivity contribution in [2.24, 2.45) is 0 Å². The maximum Gasteiger partial charge on any atom is 0.335 e. The Morgan fingerprint density at radius 3 is 2.45 bits per heavy atom. The fourth-order valence-corrected chi connectivity index (χ4v) is 5.88. The average Bonchev–Trinajstić information content (AvgIpc) is 3.31. The van der Waals surface area contributed by atoms with Crippen molar-refractivity contribution in [2.75, 3.05) is 38.5 Å². The van der Waals surface area contributed by atoms with Crippen molar-refractivity contribution in [3.8, 4) is 23.3 Å². The number of imidazole rings is 1. The lowest BCUT2D eigenvalue weighted by atomic mass is 9.95. The molecule has 2 aliphatic heterocycles. The van der Waals surface area contributed by atoms with Crippen molar-refractivity contribution in [3.05, 3.63) is 83.1 Å². The zero-order chi connectivity index (χ0) is 30.8. The molecule has 4 heterocycles. The van der Waals surface area contributed by atoms with Crippen LogP contribution < -0.4 is 21.5 Å². The number of nitrogens with two attached hydrogens (primary N) is 1. The highest BCUT2D eigenvalue weighted by molar-refractivity contribution is 5.98. The molecule has 0 bridgehead atoms. The Hall–Kier alpha value is -4.99. The van der Waals surface area contributed by atoms with Crippen LogP contribution in [0.25, 0.3) is 16.9 Å². The van der Waals surface area contributed by atoms with Crippen LogP contribution in [-0.4, -0.2) is 79.1 Å².